The molecule has 0 bridgehead atoms. The van der Waals surface area contributed by atoms with Gasteiger partial charge in [-0.05, 0) is 191 Å². The van der Waals surface area contributed by atoms with E-state index in [2.05, 4.69) is 113 Å². The zero-order valence-electron chi connectivity index (χ0n) is 34.6. The molecule has 291 valence electrons. The number of nitrogens with one attached hydrogen (secondary N) is 2. The summed E-state index contributed by atoms with van der Waals surface area (Å²) in [7, 11) is 9.14. The van der Waals surface area contributed by atoms with Gasteiger partial charge in [-0.15, -0.1) is 0 Å². The third-order valence-corrected chi connectivity index (χ3v) is 8.85. The van der Waals surface area contributed by atoms with Gasteiger partial charge in [-0.25, -0.2) is 0 Å². The van der Waals surface area contributed by atoms with E-state index in [0.717, 1.165) is 13.1 Å². The van der Waals surface area contributed by atoms with Crippen molar-refractivity contribution in [1.82, 2.24) is 10.6 Å². The van der Waals surface area contributed by atoms with E-state index in [1.807, 2.05) is 76.2 Å². The molecule has 2 aromatic rings. The fourth-order valence-corrected chi connectivity index (χ4v) is 4.44. The molecule has 0 amide bonds. The van der Waals surface area contributed by atoms with Crippen LogP contribution in [0.15, 0.2) is 0 Å². The van der Waals surface area contributed by atoms with Gasteiger partial charge in [0, 0.05) is 11.1 Å². The predicted octanol–water partition coefficient (Wildman–Crippen LogP) is 10.3. The maximum atomic E-state index is 8.66. The fraction of sp³-hybridized carbons (Fsp3) is 0.615. The molecule has 9 heteroatoms. The van der Waals surface area contributed by atoms with Crippen LogP contribution < -0.4 is 10.6 Å². The summed E-state index contributed by atoms with van der Waals surface area (Å²) in [6.07, 6.45) is 0. The van der Waals surface area contributed by atoms with Crippen LogP contribution in [0.4, 0.5) is 0 Å². The minimum absolute atomic E-state index is 0. The molecule has 0 radical (unpaired) electrons. The molecule has 0 aliphatic carbocycles. The molecule has 0 unspecified atom stereocenters. The number of benzene rings is 2. The Morgan fingerprint density at radius 3 is 0.604 bits per heavy atom. The molecule has 0 fully saturated rings. The van der Waals surface area contributed by atoms with Crippen molar-refractivity contribution in [3.63, 3.8) is 0 Å². The maximum absolute atomic E-state index is 8.66. The van der Waals surface area contributed by atoms with Crippen LogP contribution in [0.25, 0.3) is 0 Å². The third-order valence-electron chi connectivity index (χ3n) is 8.85. The van der Waals surface area contributed by atoms with E-state index in [9.17, 15) is 0 Å². The van der Waals surface area contributed by atoms with Crippen molar-refractivity contribution in [2.75, 3.05) is 26.3 Å². The van der Waals surface area contributed by atoms with Crippen molar-refractivity contribution in [2.24, 2.45) is 0 Å². The molecule has 2 rings (SSSR count). The number of aliphatic hydroxyl groups excluding tert-OH is 2. The zero-order valence-corrected chi connectivity index (χ0v) is 41.4. The van der Waals surface area contributed by atoms with E-state index in [1.54, 1.807) is 0 Å². The molecule has 48 heavy (non-hydrogen) atoms. The Morgan fingerprint density at radius 1 is 0.458 bits per heavy atom. The summed E-state index contributed by atoms with van der Waals surface area (Å²) in [5.41, 5.74) is 17.2. The molecule has 4 nitrogen and oxygen atoms in total. The van der Waals surface area contributed by atoms with Crippen LogP contribution in [-0.4, -0.2) is 47.6 Å². The first-order valence-electron chi connectivity index (χ1n) is 15.2. The van der Waals surface area contributed by atoms with Gasteiger partial charge in [0.2, 0.25) is 0 Å². The first-order valence-corrected chi connectivity index (χ1v) is 19.7. The zero-order chi connectivity index (χ0) is 36.2. The standard InChI is InChI=1S/2C12H18.2C6H15NO.3CH3.2ClH.3Ru.H/c2*1-7-8(2)10(4)12(6)11(5)9(7)3;2*1-4-7-6(2,3)5-8;;;;;;;;;/h2*1-6H3;2*7-8H,4-5H2,1-3H3;3*1H3;2*1H;;;;/q;;;;3*-1;;;+1;+2;+3;/p-2. The Hall–Kier alpha value is 0.730. The summed E-state index contributed by atoms with van der Waals surface area (Å²) >= 11 is 3.64. The summed E-state index contributed by atoms with van der Waals surface area (Å²) in [5.74, 6) is 0. The second-order valence-electron chi connectivity index (χ2n) is 12.6. The van der Waals surface area contributed by atoms with Crippen molar-refractivity contribution in [1.29, 1.82) is 0 Å². The van der Waals surface area contributed by atoms with Crippen LogP contribution in [0.3, 0.4) is 0 Å². The quantitative estimate of drug-likeness (QED) is 0.172. The molecule has 0 spiro atoms. The van der Waals surface area contributed by atoms with Crippen molar-refractivity contribution in [3.05, 3.63) is 89.0 Å². The Morgan fingerprint density at radius 2 is 0.562 bits per heavy atom. The second-order valence-corrected chi connectivity index (χ2v) is 12.6. The van der Waals surface area contributed by atoms with Crippen LogP contribution >= 0.6 is 19.4 Å². The van der Waals surface area contributed by atoms with Gasteiger partial charge in [0.05, 0.1) is 13.2 Å². The van der Waals surface area contributed by atoms with Crippen molar-refractivity contribution in [2.45, 2.75) is 136 Å². The van der Waals surface area contributed by atoms with E-state index in [-0.39, 0.29) is 66.0 Å². The summed E-state index contributed by atoms with van der Waals surface area (Å²) in [6, 6.07) is 0. The molecule has 0 atom stereocenters. The van der Waals surface area contributed by atoms with Gasteiger partial charge in [-0.2, -0.15) is 0 Å². The average Bonchev–Trinajstić information content (AvgIpc) is 3.02. The molecular formula is C39H76Cl2N2O2Ru3+. The van der Waals surface area contributed by atoms with Crippen molar-refractivity contribution in [3.8, 4) is 0 Å². The van der Waals surface area contributed by atoms with Crippen LogP contribution in [-0.2, 0) is 54.1 Å². The molecule has 0 heterocycles. The molecule has 0 aliphatic rings. The second kappa shape index (κ2) is 34.8. The molecule has 0 aliphatic heterocycles. The Balaban J connectivity index is -0.0000000707. The Labute approximate surface area is 342 Å². The molecule has 0 saturated heterocycles. The average molecular weight is 979 g/mol. The van der Waals surface area contributed by atoms with Gasteiger partial charge < -0.3 is 43.1 Å². The van der Waals surface area contributed by atoms with Crippen molar-refractivity contribution >= 4 is 19.4 Å². The van der Waals surface area contributed by atoms with Crippen LogP contribution in [0.1, 0.15) is 108 Å². The minimum atomic E-state index is -0.102. The topological polar surface area (TPSA) is 64.5 Å². The molecule has 0 aromatic heterocycles. The normalized spacial score (nSPS) is 9.48. The van der Waals surface area contributed by atoms with E-state index in [0.29, 0.717) is 0 Å². The SMILES string of the molecule is CCNC(C)(C)CO.CCNC(C)(C)CO.Cc1c(C)c(C)c(C)c(C)c1C.Cc1c(C)c(C)c(C)c(C)c1C.[CH3-].[CH3-].[CH3-].[Cl][Ru+2].[Cl][Ru].[RuH+2]. The van der Waals surface area contributed by atoms with Gasteiger partial charge >= 0.3 is 73.5 Å². The van der Waals surface area contributed by atoms with Gasteiger partial charge in [0.1, 0.15) is 0 Å². The monoisotopic (exact) mass is 980 g/mol. The number of halogens is 2. The number of aliphatic hydroxyl groups is 2. The third kappa shape index (κ3) is 24.8. The molecular weight excluding hydrogens is 903 g/mol. The van der Waals surface area contributed by atoms with E-state index in [1.165, 1.54) is 66.8 Å². The van der Waals surface area contributed by atoms with Gasteiger partial charge in [0.25, 0.3) is 0 Å². The van der Waals surface area contributed by atoms with Gasteiger partial charge in [-0.1, -0.05) is 13.8 Å². The van der Waals surface area contributed by atoms with Crippen LogP contribution in [0.5, 0.6) is 0 Å². The van der Waals surface area contributed by atoms with Crippen LogP contribution in [0.2, 0.25) is 0 Å². The summed E-state index contributed by atoms with van der Waals surface area (Å²) < 4.78 is 0. The predicted molar refractivity (Wildman–Crippen MR) is 212 cm³/mol. The van der Waals surface area contributed by atoms with E-state index in [4.69, 9.17) is 10.2 Å². The van der Waals surface area contributed by atoms with Gasteiger partial charge in [0.15, 0.2) is 0 Å². The number of likely N-dealkylation sites (N-methyl/N-ethyl adjacent to an activating group) is 2. The molecule has 2 aromatic carbocycles. The Kier molecular flexibility index (Phi) is 48.5. The number of hydrogen-bond donors (Lipinski definition) is 4. The number of rotatable bonds is 6. The summed E-state index contributed by atoms with van der Waals surface area (Å²) in [4.78, 5) is 0. The first kappa shape index (κ1) is 66.9. The molecule has 4 N–H and O–H groups in total. The molecule has 0 saturated carbocycles. The van der Waals surface area contributed by atoms with E-state index < -0.39 is 0 Å². The van der Waals surface area contributed by atoms with Crippen molar-refractivity contribution < 1.29 is 64.3 Å². The fourth-order valence-electron chi connectivity index (χ4n) is 4.44. The summed E-state index contributed by atoms with van der Waals surface area (Å²) in [5, 5.41) is 23.6. The summed E-state index contributed by atoms with van der Waals surface area (Å²) in [6.45, 7) is 40.7. The Bertz CT molecular complexity index is 798. The van der Waals surface area contributed by atoms with Crippen LogP contribution in [0, 0.1) is 105 Å². The first-order chi connectivity index (χ1) is 20.2. The van der Waals surface area contributed by atoms with Gasteiger partial charge in [-0.3, -0.25) is 0 Å². The van der Waals surface area contributed by atoms with E-state index >= 15 is 0 Å². The number of hydrogen-bond acceptors (Lipinski definition) is 4.